The lowest BCUT2D eigenvalue weighted by atomic mass is 9.89. The molecule has 2 aliphatic rings. The van der Waals surface area contributed by atoms with E-state index in [0.29, 0.717) is 0 Å². The van der Waals surface area contributed by atoms with Crippen LogP contribution in [0.4, 0.5) is 0 Å². The lowest BCUT2D eigenvalue weighted by Gasteiger charge is -2.32. The number of hydrogen-bond acceptors (Lipinski definition) is 2. The summed E-state index contributed by atoms with van der Waals surface area (Å²) in [7, 11) is 0. The molecule has 2 unspecified atom stereocenters. The van der Waals surface area contributed by atoms with E-state index < -0.39 is 0 Å². The van der Waals surface area contributed by atoms with Crippen LogP contribution in [0.1, 0.15) is 65.7 Å². The van der Waals surface area contributed by atoms with Crippen LogP contribution in [-0.4, -0.2) is 36.6 Å². The fourth-order valence-electron chi connectivity index (χ4n) is 4.07. The van der Waals surface area contributed by atoms with Crippen LogP contribution in [0.5, 0.6) is 0 Å². The van der Waals surface area contributed by atoms with Crippen molar-refractivity contribution in [2.75, 3.05) is 19.6 Å². The Morgan fingerprint density at radius 3 is 2.21 bits per heavy atom. The third-order valence-corrected chi connectivity index (χ3v) is 5.54. The second kappa shape index (κ2) is 7.64. The van der Waals surface area contributed by atoms with Gasteiger partial charge in [0.1, 0.15) is 0 Å². The van der Waals surface area contributed by atoms with E-state index in [1.165, 1.54) is 64.6 Å². The molecule has 0 spiro atoms. The number of piperidine rings is 1. The Kier molecular flexibility index (Phi) is 6.15. The Labute approximate surface area is 120 Å². The van der Waals surface area contributed by atoms with Crippen LogP contribution in [0.15, 0.2) is 0 Å². The molecular formula is C17H34N2. The zero-order valence-corrected chi connectivity index (χ0v) is 13.3. The lowest BCUT2D eigenvalue weighted by molar-refractivity contribution is 0.198. The lowest BCUT2D eigenvalue weighted by Crippen LogP contribution is -2.39. The highest BCUT2D eigenvalue weighted by Gasteiger charge is 2.33. The molecule has 2 rings (SSSR count). The van der Waals surface area contributed by atoms with Crippen molar-refractivity contribution >= 4 is 0 Å². The molecular weight excluding hydrogens is 232 g/mol. The summed E-state index contributed by atoms with van der Waals surface area (Å²) in [5.41, 5.74) is 0. The SMILES string of the molecule is CCC(CC)CN(CC)CCC1CC2CCC(C1)N2. The summed E-state index contributed by atoms with van der Waals surface area (Å²) in [6.45, 7) is 10.9. The summed E-state index contributed by atoms with van der Waals surface area (Å²) in [4.78, 5) is 2.70. The standard InChI is InChI=1S/C17H34N2/c1-4-14(5-2)13-19(6-3)10-9-15-11-16-7-8-17(12-15)18-16/h14-18H,4-13H2,1-3H3. The highest BCUT2D eigenvalue weighted by Crippen LogP contribution is 2.32. The van der Waals surface area contributed by atoms with E-state index in [9.17, 15) is 0 Å². The van der Waals surface area contributed by atoms with Gasteiger partial charge in [0, 0.05) is 18.6 Å². The summed E-state index contributed by atoms with van der Waals surface area (Å²) in [6, 6.07) is 1.72. The summed E-state index contributed by atoms with van der Waals surface area (Å²) < 4.78 is 0. The molecule has 0 saturated carbocycles. The minimum atomic E-state index is 0.859. The zero-order valence-electron chi connectivity index (χ0n) is 13.3. The van der Waals surface area contributed by atoms with E-state index in [-0.39, 0.29) is 0 Å². The first-order valence-electron chi connectivity index (χ1n) is 8.73. The quantitative estimate of drug-likeness (QED) is 0.721. The van der Waals surface area contributed by atoms with Gasteiger partial charge in [0.25, 0.3) is 0 Å². The molecule has 2 atom stereocenters. The van der Waals surface area contributed by atoms with Gasteiger partial charge in [-0.2, -0.15) is 0 Å². The van der Waals surface area contributed by atoms with Crippen molar-refractivity contribution in [2.24, 2.45) is 11.8 Å². The highest BCUT2D eigenvalue weighted by atomic mass is 15.1. The van der Waals surface area contributed by atoms with Crippen molar-refractivity contribution in [1.29, 1.82) is 0 Å². The fraction of sp³-hybridized carbons (Fsp3) is 1.00. The first kappa shape index (κ1) is 15.3. The van der Waals surface area contributed by atoms with Crippen molar-refractivity contribution < 1.29 is 0 Å². The van der Waals surface area contributed by atoms with Gasteiger partial charge in [0.15, 0.2) is 0 Å². The Morgan fingerprint density at radius 1 is 1.05 bits per heavy atom. The zero-order chi connectivity index (χ0) is 13.7. The van der Waals surface area contributed by atoms with Gasteiger partial charge >= 0.3 is 0 Å². The van der Waals surface area contributed by atoms with Gasteiger partial charge in [0.05, 0.1) is 0 Å². The van der Waals surface area contributed by atoms with E-state index in [2.05, 4.69) is 31.0 Å². The molecule has 2 bridgehead atoms. The molecule has 0 aromatic heterocycles. The van der Waals surface area contributed by atoms with Crippen molar-refractivity contribution in [2.45, 2.75) is 77.8 Å². The molecule has 0 aromatic carbocycles. The van der Waals surface area contributed by atoms with Gasteiger partial charge in [-0.25, -0.2) is 0 Å². The molecule has 2 heterocycles. The predicted molar refractivity (Wildman–Crippen MR) is 83.5 cm³/mol. The molecule has 2 fully saturated rings. The fourth-order valence-corrected chi connectivity index (χ4v) is 4.07. The number of fused-ring (bicyclic) bond motifs is 2. The second-order valence-electron chi connectivity index (χ2n) is 6.84. The van der Waals surface area contributed by atoms with Crippen LogP contribution >= 0.6 is 0 Å². The maximum absolute atomic E-state index is 3.76. The van der Waals surface area contributed by atoms with Crippen LogP contribution in [0, 0.1) is 11.8 Å². The molecule has 112 valence electrons. The maximum atomic E-state index is 3.76. The van der Waals surface area contributed by atoms with E-state index in [0.717, 1.165) is 23.9 Å². The number of nitrogens with one attached hydrogen (secondary N) is 1. The molecule has 0 aromatic rings. The third-order valence-electron chi connectivity index (χ3n) is 5.54. The summed E-state index contributed by atoms with van der Waals surface area (Å²) in [5, 5.41) is 3.76. The summed E-state index contributed by atoms with van der Waals surface area (Å²) in [6.07, 6.45) is 9.87. The minimum absolute atomic E-state index is 0.859. The number of hydrogen-bond donors (Lipinski definition) is 1. The van der Waals surface area contributed by atoms with E-state index >= 15 is 0 Å². The number of nitrogens with zero attached hydrogens (tertiary/aromatic N) is 1. The van der Waals surface area contributed by atoms with E-state index in [1.807, 2.05) is 0 Å². The van der Waals surface area contributed by atoms with E-state index in [1.54, 1.807) is 0 Å². The molecule has 1 N–H and O–H groups in total. The van der Waals surface area contributed by atoms with Crippen molar-refractivity contribution in [3.8, 4) is 0 Å². The summed E-state index contributed by atoms with van der Waals surface area (Å²) in [5.74, 6) is 1.90. The Morgan fingerprint density at radius 2 is 1.68 bits per heavy atom. The molecule has 2 aliphatic heterocycles. The second-order valence-corrected chi connectivity index (χ2v) is 6.84. The van der Waals surface area contributed by atoms with Crippen LogP contribution in [0.25, 0.3) is 0 Å². The van der Waals surface area contributed by atoms with Gasteiger partial charge in [-0.1, -0.05) is 33.6 Å². The monoisotopic (exact) mass is 266 g/mol. The Bertz CT molecular complexity index is 238. The molecule has 19 heavy (non-hydrogen) atoms. The molecule has 0 radical (unpaired) electrons. The minimum Gasteiger partial charge on any atom is -0.311 e. The highest BCUT2D eigenvalue weighted by molar-refractivity contribution is 4.92. The van der Waals surface area contributed by atoms with Crippen molar-refractivity contribution in [1.82, 2.24) is 10.2 Å². The average molecular weight is 266 g/mol. The Hall–Kier alpha value is -0.0800. The first-order valence-corrected chi connectivity index (χ1v) is 8.73. The van der Waals surface area contributed by atoms with Gasteiger partial charge in [0.2, 0.25) is 0 Å². The van der Waals surface area contributed by atoms with Gasteiger partial charge in [-0.05, 0) is 57.0 Å². The van der Waals surface area contributed by atoms with Crippen LogP contribution in [-0.2, 0) is 0 Å². The number of rotatable bonds is 8. The molecule has 2 heteroatoms. The largest absolute Gasteiger partial charge is 0.311 e. The van der Waals surface area contributed by atoms with Crippen LogP contribution in [0.3, 0.4) is 0 Å². The topological polar surface area (TPSA) is 15.3 Å². The van der Waals surface area contributed by atoms with Gasteiger partial charge in [-0.3, -0.25) is 0 Å². The Balaban J connectivity index is 1.70. The summed E-state index contributed by atoms with van der Waals surface area (Å²) >= 11 is 0. The predicted octanol–water partition coefficient (Wildman–Crippen LogP) is 3.67. The smallest absolute Gasteiger partial charge is 0.00728 e. The van der Waals surface area contributed by atoms with Crippen LogP contribution in [0.2, 0.25) is 0 Å². The van der Waals surface area contributed by atoms with Crippen molar-refractivity contribution in [3.05, 3.63) is 0 Å². The van der Waals surface area contributed by atoms with Crippen molar-refractivity contribution in [3.63, 3.8) is 0 Å². The van der Waals surface area contributed by atoms with Gasteiger partial charge < -0.3 is 10.2 Å². The van der Waals surface area contributed by atoms with Crippen LogP contribution < -0.4 is 5.32 Å². The third kappa shape index (κ3) is 4.46. The average Bonchev–Trinajstić information content (AvgIpc) is 2.78. The molecule has 0 aliphatic carbocycles. The van der Waals surface area contributed by atoms with Gasteiger partial charge in [-0.15, -0.1) is 0 Å². The normalized spacial score (nSPS) is 30.5. The molecule has 2 nitrogen and oxygen atoms in total. The maximum Gasteiger partial charge on any atom is 0.00728 e. The molecule has 0 amide bonds. The molecule has 2 saturated heterocycles. The first-order chi connectivity index (χ1) is 9.25. The van der Waals surface area contributed by atoms with E-state index in [4.69, 9.17) is 0 Å².